The minimum atomic E-state index is -4.49. The summed E-state index contributed by atoms with van der Waals surface area (Å²) in [6.45, 7) is -0.111. The molecule has 2 aromatic carbocycles. The second-order valence-electron chi connectivity index (χ2n) is 5.55. The van der Waals surface area contributed by atoms with Crippen LogP contribution in [0.15, 0.2) is 48.5 Å². The lowest BCUT2D eigenvalue weighted by molar-refractivity contribution is -0.137. The molecular weight excluding hydrogens is 379 g/mol. The van der Waals surface area contributed by atoms with Crippen LogP contribution in [-0.2, 0) is 11.0 Å². The van der Waals surface area contributed by atoms with Crippen LogP contribution < -0.4 is 5.32 Å². The van der Waals surface area contributed by atoms with E-state index in [-0.39, 0.29) is 30.7 Å². The summed E-state index contributed by atoms with van der Waals surface area (Å²) >= 11 is 5.74. The molecule has 0 aliphatic rings. The fraction of sp³-hybridized carbons (Fsp3) is 0.200. The van der Waals surface area contributed by atoms with Crippen molar-refractivity contribution in [1.29, 1.82) is 0 Å². The number of benzene rings is 2. The third kappa shape index (κ3) is 6.46. The van der Waals surface area contributed by atoms with Gasteiger partial charge in [0.1, 0.15) is 0 Å². The topological polar surface area (TPSA) is 46.2 Å². The number of amides is 1. The Kier molecular flexibility index (Phi) is 7.03. The van der Waals surface area contributed by atoms with Crippen LogP contribution in [0.25, 0.3) is 0 Å². The molecular formula is C20H15ClF3NO2. The summed E-state index contributed by atoms with van der Waals surface area (Å²) in [5, 5.41) is 2.97. The van der Waals surface area contributed by atoms with Gasteiger partial charge in [-0.1, -0.05) is 35.6 Å². The molecule has 0 saturated heterocycles. The van der Waals surface area contributed by atoms with E-state index >= 15 is 0 Å². The van der Waals surface area contributed by atoms with Crippen LogP contribution in [0.5, 0.6) is 0 Å². The Bertz CT molecular complexity index is 881. The lowest BCUT2D eigenvalue weighted by Gasteiger charge is -2.08. The molecule has 140 valence electrons. The third-order valence-corrected chi connectivity index (χ3v) is 3.83. The Hall–Kier alpha value is -2.78. The summed E-state index contributed by atoms with van der Waals surface area (Å²) < 4.78 is 38.5. The molecule has 0 unspecified atom stereocenters. The highest BCUT2D eigenvalue weighted by molar-refractivity contribution is 6.30. The van der Waals surface area contributed by atoms with Gasteiger partial charge in [-0.15, -0.1) is 0 Å². The average molecular weight is 394 g/mol. The van der Waals surface area contributed by atoms with Crippen LogP contribution in [0.2, 0.25) is 5.02 Å². The van der Waals surface area contributed by atoms with Crippen molar-refractivity contribution in [3.8, 4) is 11.8 Å². The fourth-order valence-corrected chi connectivity index (χ4v) is 2.34. The Morgan fingerprint density at radius 2 is 1.67 bits per heavy atom. The monoisotopic (exact) mass is 393 g/mol. The highest BCUT2D eigenvalue weighted by atomic mass is 35.5. The molecule has 0 aliphatic carbocycles. The highest BCUT2D eigenvalue weighted by Crippen LogP contribution is 2.31. The van der Waals surface area contributed by atoms with Crippen molar-refractivity contribution in [2.75, 3.05) is 6.54 Å². The molecule has 0 aliphatic heterocycles. The second kappa shape index (κ2) is 9.24. The fourth-order valence-electron chi connectivity index (χ4n) is 2.22. The van der Waals surface area contributed by atoms with Gasteiger partial charge in [-0.3, -0.25) is 9.59 Å². The summed E-state index contributed by atoms with van der Waals surface area (Å²) in [6.07, 6.45) is -4.52. The summed E-state index contributed by atoms with van der Waals surface area (Å²) in [5.74, 6) is 4.29. The van der Waals surface area contributed by atoms with E-state index < -0.39 is 17.6 Å². The highest BCUT2D eigenvalue weighted by Gasteiger charge is 2.32. The number of Topliss-reactive ketones (excluding diaryl/α,β-unsaturated/α-hetero) is 1. The molecule has 1 N–H and O–H groups in total. The quantitative estimate of drug-likeness (QED) is 0.601. The molecule has 2 rings (SSSR count). The van der Waals surface area contributed by atoms with Crippen molar-refractivity contribution in [2.24, 2.45) is 0 Å². The zero-order chi connectivity index (χ0) is 19.9. The number of hydrogen-bond acceptors (Lipinski definition) is 2. The zero-order valence-corrected chi connectivity index (χ0v) is 14.8. The SMILES string of the molecule is O=C(CCC(=O)c1ccc(Cl)cc1)NCC#Cc1ccccc1C(F)(F)F. The summed E-state index contributed by atoms with van der Waals surface area (Å²) in [5.41, 5.74) is -0.523. The van der Waals surface area contributed by atoms with Crippen molar-refractivity contribution in [1.82, 2.24) is 5.32 Å². The van der Waals surface area contributed by atoms with Crippen molar-refractivity contribution in [2.45, 2.75) is 19.0 Å². The Labute approximate surface area is 159 Å². The van der Waals surface area contributed by atoms with Crippen molar-refractivity contribution in [3.63, 3.8) is 0 Å². The number of nitrogens with one attached hydrogen (secondary N) is 1. The number of rotatable bonds is 5. The second-order valence-corrected chi connectivity index (χ2v) is 5.99. The number of carbonyl (C=O) groups excluding carboxylic acids is 2. The molecule has 2 aromatic rings. The van der Waals surface area contributed by atoms with Crippen molar-refractivity contribution in [3.05, 3.63) is 70.2 Å². The van der Waals surface area contributed by atoms with Crippen LogP contribution >= 0.6 is 11.6 Å². The largest absolute Gasteiger partial charge is 0.417 e. The van der Waals surface area contributed by atoms with E-state index in [1.807, 2.05) is 0 Å². The van der Waals surface area contributed by atoms with E-state index in [2.05, 4.69) is 17.2 Å². The summed E-state index contributed by atoms with van der Waals surface area (Å²) in [6, 6.07) is 11.3. The van der Waals surface area contributed by atoms with Crippen LogP contribution in [0.1, 0.15) is 34.3 Å². The number of ketones is 1. The molecule has 0 spiro atoms. The third-order valence-electron chi connectivity index (χ3n) is 3.57. The van der Waals surface area contributed by atoms with Crippen molar-refractivity contribution >= 4 is 23.3 Å². The van der Waals surface area contributed by atoms with Crippen LogP contribution in [-0.4, -0.2) is 18.2 Å². The maximum atomic E-state index is 12.8. The lowest BCUT2D eigenvalue weighted by Crippen LogP contribution is -2.24. The molecule has 0 saturated carbocycles. The molecule has 3 nitrogen and oxygen atoms in total. The van der Waals surface area contributed by atoms with Crippen LogP contribution in [0.4, 0.5) is 13.2 Å². The minimum absolute atomic E-state index is 0.0117. The summed E-state index contributed by atoms with van der Waals surface area (Å²) in [4.78, 5) is 23.7. The van der Waals surface area contributed by atoms with Gasteiger partial charge >= 0.3 is 6.18 Å². The normalized spacial score (nSPS) is 10.7. The van der Waals surface area contributed by atoms with Gasteiger partial charge in [0, 0.05) is 29.0 Å². The first-order valence-electron chi connectivity index (χ1n) is 7.98. The van der Waals surface area contributed by atoms with Gasteiger partial charge in [0.2, 0.25) is 5.91 Å². The van der Waals surface area contributed by atoms with Crippen LogP contribution in [0, 0.1) is 11.8 Å². The number of carbonyl (C=O) groups is 2. The Morgan fingerprint density at radius 3 is 2.33 bits per heavy atom. The standard InChI is InChI=1S/C20H15ClF3NO2/c21-16-9-7-15(8-10-16)18(26)11-12-19(27)25-13-3-5-14-4-1-2-6-17(14)20(22,23)24/h1-2,4,6-10H,11-13H2,(H,25,27). The zero-order valence-electron chi connectivity index (χ0n) is 14.1. The van der Waals surface area contributed by atoms with Gasteiger partial charge in [-0.25, -0.2) is 0 Å². The molecule has 0 heterocycles. The molecule has 1 amide bonds. The molecule has 7 heteroatoms. The molecule has 0 fully saturated rings. The number of hydrogen-bond donors (Lipinski definition) is 1. The van der Waals surface area contributed by atoms with Gasteiger partial charge in [0.25, 0.3) is 0 Å². The van der Waals surface area contributed by atoms with Crippen LogP contribution in [0.3, 0.4) is 0 Å². The first-order chi connectivity index (χ1) is 12.8. The van der Waals surface area contributed by atoms with Gasteiger partial charge in [0.15, 0.2) is 5.78 Å². The van der Waals surface area contributed by atoms with E-state index in [1.165, 1.54) is 18.2 Å². The maximum absolute atomic E-state index is 12.8. The first-order valence-corrected chi connectivity index (χ1v) is 8.36. The van der Waals surface area contributed by atoms with Gasteiger partial charge in [-0.05, 0) is 36.4 Å². The predicted octanol–water partition coefficient (Wildman–Crippen LogP) is 4.49. The molecule has 0 bridgehead atoms. The molecule has 0 atom stereocenters. The number of halogens is 4. The number of alkyl halides is 3. The van der Waals surface area contributed by atoms with E-state index in [1.54, 1.807) is 24.3 Å². The lowest BCUT2D eigenvalue weighted by atomic mass is 10.1. The predicted molar refractivity (Wildman–Crippen MR) is 96.3 cm³/mol. The molecule has 0 aromatic heterocycles. The van der Waals surface area contributed by atoms with E-state index in [9.17, 15) is 22.8 Å². The Morgan fingerprint density at radius 1 is 1.00 bits per heavy atom. The van der Waals surface area contributed by atoms with E-state index in [0.717, 1.165) is 6.07 Å². The van der Waals surface area contributed by atoms with E-state index in [0.29, 0.717) is 10.6 Å². The first kappa shape index (κ1) is 20.5. The molecule has 27 heavy (non-hydrogen) atoms. The maximum Gasteiger partial charge on any atom is 0.417 e. The smallest absolute Gasteiger partial charge is 0.345 e. The Balaban J connectivity index is 1.83. The minimum Gasteiger partial charge on any atom is -0.345 e. The summed E-state index contributed by atoms with van der Waals surface area (Å²) in [7, 11) is 0. The van der Waals surface area contributed by atoms with Gasteiger partial charge < -0.3 is 5.32 Å². The van der Waals surface area contributed by atoms with E-state index in [4.69, 9.17) is 11.6 Å². The van der Waals surface area contributed by atoms with Crippen molar-refractivity contribution < 1.29 is 22.8 Å². The molecule has 0 radical (unpaired) electrons. The average Bonchev–Trinajstić information content (AvgIpc) is 2.63. The van der Waals surface area contributed by atoms with Gasteiger partial charge in [0.05, 0.1) is 12.1 Å². The van der Waals surface area contributed by atoms with Gasteiger partial charge in [-0.2, -0.15) is 13.2 Å².